The standard InChI is InChI=1S/C16H37NO3Si/c1-7-8-9-10-12-15(16(2,3)17)13-11-14-21(18-4,19-5)20-6/h15H,7-14,17H2,1-6H3. The van der Waals surface area contributed by atoms with Crippen LogP contribution in [0.15, 0.2) is 0 Å². The molecular formula is C16H37NO3Si. The van der Waals surface area contributed by atoms with Crippen LogP contribution >= 0.6 is 0 Å². The second-order valence-corrected chi connectivity index (χ2v) is 9.65. The molecule has 0 aliphatic carbocycles. The van der Waals surface area contributed by atoms with Gasteiger partial charge < -0.3 is 19.0 Å². The van der Waals surface area contributed by atoms with Gasteiger partial charge in [-0.2, -0.15) is 0 Å². The lowest BCUT2D eigenvalue weighted by Crippen LogP contribution is -2.44. The number of hydrogen-bond acceptors (Lipinski definition) is 4. The molecule has 0 fully saturated rings. The molecular weight excluding hydrogens is 282 g/mol. The van der Waals surface area contributed by atoms with E-state index in [1.807, 2.05) is 0 Å². The summed E-state index contributed by atoms with van der Waals surface area (Å²) in [6.45, 7) is 6.53. The molecule has 0 amide bonds. The van der Waals surface area contributed by atoms with Gasteiger partial charge >= 0.3 is 8.80 Å². The van der Waals surface area contributed by atoms with Crippen LogP contribution in [0.4, 0.5) is 0 Å². The third kappa shape index (κ3) is 8.31. The van der Waals surface area contributed by atoms with E-state index in [-0.39, 0.29) is 5.54 Å². The molecule has 0 saturated heterocycles. The van der Waals surface area contributed by atoms with Crippen LogP contribution in [0.25, 0.3) is 0 Å². The minimum atomic E-state index is -2.43. The zero-order chi connectivity index (χ0) is 16.4. The highest BCUT2D eigenvalue weighted by atomic mass is 28.4. The summed E-state index contributed by atoms with van der Waals surface area (Å²) in [6.07, 6.45) is 8.56. The van der Waals surface area contributed by atoms with Crippen molar-refractivity contribution in [3.05, 3.63) is 0 Å². The maximum absolute atomic E-state index is 6.36. The quantitative estimate of drug-likeness (QED) is 0.412. The summed E-state index contributed by atoms with van der Waals surface area (Å²) in [5, 5.41) is 0. The number of rotatable bonds is 13. The third-order valence-corrected chi connectivity index (χ3v) is 7.26. The predicted molar refractivity (Wildman–Crippen MR) is 91.3 cm³/mol. The van der Waals surface area contributed by atoms with Gasteiger partial charge in [0.1, 0.15) is 0 Å². The van der Waals surface area contributed by atoms with Crippen molar-refractivity contribution in [1.82, 2.24) is 0 Å². The molecule has 5 heteroatoms. The minimum Gasteiger partial charge on any atom is -0.377 e. The molecule has 0 aromatic heterocycles. The smallest absolute Gasteiger partial charge is 0.377 e. The molecule has 128 valence electrons. The SMILES string of the molecule is CCCCCCC(CCC[Si](OC)(OC)OC)C(C)(C)N. The molecule has 2 N–H and O–H groups in total. The lowest BCUT2D eigenvalue weighted by atomic mass is 9.81. The van der Waals surface area contributed by atoms with Gasteiger partial charge in [-0.3, -0.25) is 0 Å². The molecule has 0 spiro atoms. The summed E-state index contributed by atoms with van der Waals surface area (Å²) in [7, 11) is 2.60. The van der Waals surface area contributed by atoms with E-state index in [0.29, 0.717) is 5.92 Å². The topological polar surface area (TPSA) is 53.7 Å². The average molecular weight is 320 g/mol. The highest BCUT2D eigenvalue weighted by Gasteiger charge is 2.37. The third-order valence-electron chi connectivity index (χ3n) is 4.43. The van der Waals surface area contributed by atoms with E-state index in [9.17, 15) is 0 Å². The van der Waals surface area contributed by atoms with Crippen molar-refractivity contribution < 1.29 is 13.3 Å². The lowest BCUT2D eigenvalue weighted by Gasteiger charge is -2.32. The van der Waals surface area contributed by atoms with E-state index in [4.69, 9.17) is 19.0 Å². The van der Waals surface area contributed by atoms with E-state index in [1.165, 1.54) is 32.1 Å². The summed E-state index contributed by atoms with van der Waals surface area (Å²) in [4.78, 5) is 0. The molecule has 0 aromatic rings. The largest absolute Gasteiger partial charge is 0.500 e. The zero-order valence-electron chi connectivity index (χ0n) is 15.0. The average Bonchev–Trinajstić information content (AvgIpc) is 2.45. The summed E-state index contributed by atoms with van der Waals surface area (Å²) < 4.78 is 16.4. The second-order valence-electron chi connectivity index (χ2n) is 6.56. The normalized spacial score (nSPS) is 14.4. The Labute approximate surface area is 133 Å². The molecule has 0 saturated carbocycles. The highest BCUT2D eigenvalue weighted by Crippen LogP contribution is 2.28. The Hall–Kier alpha value is 0.0569. The second kappa shape index (κ2) is 10.7. The lowest BCUT2D eigenvalue weighted by molar-refractivity contribution is 0.121. The Morgan fingerprint density at radius 2 is 1.43 bits per heavy atom. The van der Waals surface area contributed by atoms with Crippen LogP contribution < -0.4 is 5.73 Å². The van der Waals surface area contributed by atoms with E-state index in [0.717, 1.165) is 18.9 Å². The molecule has 0 aliphatic heterocycles. The van der Waals surface area contributed by atoms with E-state index in [1.54, 1.807) is 21.3 Å². The molecule has 0 rings (SSSR count). The fourth-order valence-electron chi connectivity index (χ4n) is 2.83. The van der Waals surface area contributed by atoms with Gasteiger partial charge in [-0.1, -0.05) is 32.6 Å². The van der Waals surface area contributed by atoms with Gasteiger partial charge in [-0.25, -0.2) is 0 Å². The first-order chi connectivity index (χ1) is 9.85. The van der Waals surface area contributed by atoms with Gasteiger partial charge in [0.2, 0.25) is 0 Å². The molecule has 0 bridgehead atoms. The summed E-state index contributed by atoms with van der Waals surface area (Å²) >= 11 is 0. The van der Waals surface area contributed by atoms with Crippen LogP contribution in [0, 0.1) is 5.92 Å². The van der Waals surface area contributed by atoms with Crippen molar-refractivity contribution in [3.63, 3.8) is 0 Å². The van der Waals surface area contributed by atoms with Crippen molar-refractivity contribution in [1.29, 1.82) is 0 Å². The zero-order valence-corrected chi connectivity index (χ0v) is 16.0. The number of nitrogens with two attached hydrogens (primary N) is 1. The van der Waals surface area contributed by atoms with Crippen LogP contribution in [-0.2, 0) is 13.3 Å². The number of unbranched alkanes of at least 4 members (excludes halogenated alkanes) is 3. The van der Waals surface area contributed by atoms with E-state index >= 15 is 0 Å². The van der Waals surface area contributed by atoms with E-state index < -0.39 is 8.80 Å². The Morgan fingerprint density at radius 3 is 1.86 bits per heavy atom. The summed E-state index contributed by atoms with van der Waals surface area (Å²) in [5.74, 6) is 0.548. The fourth-order valence-corrected chi connectivity index (χ4v) is 4.58. The molecule has 1 unspecified atom stereocenters. The Morgan fingerprint density at radius 1 is 0.905 bits per heavy atom. The van der Waals surface area contributed by atoms with Gasteiger partial charge in [0.05, 0.1) is 0 Å². The van der Waals surface area contributed by atoms with Crippen LogP contribution in [0.1, 0.15) is 65.7 Å². The van der Waals surface area contributed by atoms with Crippen molar-refractivity contribution >= 4 is 8.80 Å². The highest BCUT2D eigenvalue weighted by molar-refractivity contribution is 6.60. The summed E-state index contributed by atoms with van der Waals surface area (Å²) in [5.41, 5.74) is 6.24. The molecule has 0 heterocycles. The van der Waals surface area contributed by atoms with Crippen LogP contribution in [-0.4, -0.2) is 35.7 Å². The maximum Gasteiger partial charge on any atom is 0.500 e. The molecule has 1 atom stereocenters. The van der Waals surface area contributed by atoms with Gasteiger partial charge in [-0.05, 0) is 39.0 Å². The fraction of sp³-hybridized carbons (Fsp3) is 1.00. The molecule has 0 aliphatic rings. The van der Waals surface area contributed by atoms with Gasteiger partial charge in [0, 0.05) is 32.9 Å². The maximum atomic E-state index is 6.36. The Bertz CT molecular complexity index is 244. The van der Waals surface area contributed by atoms with Gasteiger partial charge in [0.15, 0.2) is 0 Å². The van der Waals surface area contributed by atoms with Crippen LogP contribution in [0.2, 0.25) is 6.04 Å². The first-order valence-electron chi connectivity index (χ1n) is 8.29. The van der Waals surface area contributed by atoms with Crippen molar-refractivity contribution in [2.45, 2.75) is 77.3 Å². The summed E-state index contributed by atoms with van der Waals surface area (Å²) in [6, 6.07) is 0.859. The monoisotopic (exact) mass is 319 g/mol. The first-order valence-corrected chi connectivity index (χ1v) is 10.2. The Balaban J connectivity index is 4.30. The molecule has 4 nitrogen and oxygen atoms in total. The van der Waals surface area contributed by atoms with E-state index in [2.05, 4.69) is 20.8 Å². The minimum absolute atomic E-state index is 0.121. The first kappa shape index (κ1) is 21.1. The van der Waals surface area contributed by atoms with Crippen molar-refractivity contribution in [3.8, 4) is 0 Å². The number of hydrogen-bond donors (Lipinski definition) is 1. The Kier molecular flexibility index (Phi) is 10.8. The van der Waals surface area contributed by atoms with Crippen molar-refractivity contribution in [2.75, 3.05) is 21.3 Å². The van der Waals surface area contributed by atoms with Crippen LogP contribution in [0.3, 0.4) is 0 Å². The predicted octanol–water partition coefficient (Wildman–Crippen LogP) is 3.97. The van der Waals surface area contributed by atoms with Gasteiger partial charge in [-0.15, -0.1) is 0 Å². The van der Waals surface area contributed by atoms with Crippen molar-refractivity contribution in [2.24, 2.45) is 11.7 Å². The molecule has 21 heavy (non-hydrogen) atoms. The molecule has 0 radical (unpaired) electrons. The van der Waals surface area contributed by atoms with Gasteiger partial charge in [0.25, 0.3) is 0 Å². The van der Waals surface area contributed by atoms with Crippen LogP contribution in [0.5, 0.6) is 0 Å². The molecule has 0 aromatic carbocycles.